The van der Waals surface area contributed by atoms with Crippen molar-refractivity contribution in [1.82, 2.24) is 20.0 Å². The van der Waals surface area contributed by atoms with E-state index in [-0.39, 0.29) is 0 Å². The molecule has 4 heteroatoms. The molecule has 1 N–H and O–H groups in total. The van der Waals surface area contributed by atoms with E-state index in [1.807, 2.05) is 0 Å². The fraction of sp³-hybridized carbons (Fsp3) is 1.00. The molecule has 0 radical (unpaired) electrons. The van der Waals surface area contributed by atoms with Crippen LogP contribution in [0.3, 0.4) is 0 Å². The molecule has 1 aliphatic carbocycles. The summed E-state index contributed by atoms with van der Waals surface area (Å²) >= 11 is 0. The van der Waals surface area contributed by atoms with E-state index in [0.29, 0.717) is 0 Å². The Bertz CT molecular complexity index is 245. The third-order valence-electron chi connectivity index (χ3n) is 4.44. The van der Waals surface area contributed by atoms with E-state index < -0.39 is 0 Å². The van der Waals surface area contributed by atoms with Crippen LogP contribution in [0.4, 0.5) is 0 Å². The number of nitrogens with one attached hydrogen (secondary N) is 1. The van der Waals surface area contributed by atoms with Crippen LogP contribution < -0.4 is 5.32 Å². The fourth-order valence-corrected chi connectivity index (χ4v) is 2.96. The summed E-state index contributed by atoms with van der Waals surface area (Å²) in [5.74, 6) is 0.965. The summed E-state index contributed by atoms with van der Waals surface area (Å²) < 4.78 is 0. The van der Waals surface area contributed by atoms with Gasteiger partial charge in [0.05, 0.1) is 0 Å². The van der Waals surface area contributed by atoms with Gasteiger partial charge in [-0.15, -0.1) is 0 Å². The van der Waals surface area contributed by atoms with Crippen LogP contribution in [0.1, 0.15) is 19.8 Å². The molecule has 1 saturated heterocycles. The largest absolute Gasteiger partial charge is 0.313 e. The van der Waals surface area contributed by atoms with Crippen molar-refractivity contribution in [2.75, 3.05) is 66.5 Å². The van der Waals surface area contributed by atoms with Gasteiger partial charge in [-0.3, -0.25) is 9.80 Å². The molecule has 1 saturated carbocycles. The number of rotatable bonds is 8. The molecule has 0 amide bonds. The van der Waals surface area contributed by atoms with Crippen molar-refractivity contribution in [3.8, 4) is 0 Å². The van der Waals surface area contributed by atoms with Crippen molar-refractivity contribution >= 4 is 0 Å². The molecule has 1 heterocycles. The minimum absolute atomic E-state index is 0.748. The van der Waals surface area contributed by atoms with Gasteiger partial charge in [-0.1, -0.05) is 6.92 Å². The summed E-state index contributed by atoms with van der Waals surface area (Å²) in [6.07, 6.45) is 2.89. The molecule has 0 aromatic heterocycles. The first-order valence-electron chi connectivity index (χ1n) is 8.02. The summed E-state index contributed by atoms with van der Waals surface area (Å²) in [5, 5.41) is 3.68. The number of nitrogens with zero attached hydrogens (tertiary/aromatic N) is 3. The molecule has 4 nitrogen and oxygen atoms in total. The maximum absolute atomic E-state index is 3.68. The quantitative estimate of drug-likeness (QED) is 0.694. The van der Waals surface area contributed by atoms with Gasteiger partial charge in [0.25, 0.3) is 0 Å². The van der Waals surface area contributed by atoms with Gasteiger partial charge in [0.2, 0.25) is 0 Å². The zero-order chi connectivity index (χ0) is 13.7. The van der Waals surface area contributed by atoms with Crippen LogP contribution in [-0.2, 0) is 0 Å². The number of hydrogen-bond donors (Lipinski definition) is 1. The second-order valence-corrected chi connectivity index (χ2v) is 6.45. The highest BCUT2D eigenvalue weighted by Crippen LogP contribution is 2.33. The second-order valence-electron chi connectivity index (χ2n) is 6.45. The van der Waals surface area contributed by atoms with Crippen LogP contribution >= 0.6 is 0 Å². The standard InChI is InChI=1S/C15H32N4/c1-4-16-15(14-5-6-14)13-19-11-9-18(10-12-19)8-7-17(2)3/h14-16H,4-13H2,1-3H3. The minimum Gasteiger partial charge on any atom is -0.313 e. The van der Waals surface area contributed by atoms with Crippen molar-refractivity contribution < 1.29 is 0 Å². The lowest BCUT2D eigenvalue weighted by molar-refractivity contribution is 0.114. The lowest BCUT2D eigenvalue weighted by Gasteiger charge is -2.37. The fourth-order valence-electron chi connectivity index (χ4n) is 2.96. The van der Waals surface area contributed by atoms with Gasteiger partial charge in [-0.2, -0.15) is 0 Å². The van der Waals surface area contributed by atoms with E-state index in [2.05, 4.69) is 41.0 Å². The predicted octanol–water partition coefficient (Wildman–Crippen LogP) is 0.554. The third-order valence-corrected chi connectivity index (χ3v) is 4.44. The number of likely N-dealkylation sites (N-methyl/N-ethyl adjacent to an activating group) is 2. The summed E-state index contributed by atoms with van der Waals surface area (Å²) in [7, 11) is 4.32. The third kappa shape index (κ3) is 5.38. The van der Waals surface area contributed by atoms with Crippen molar-refractivity contribution in [2.24, 2.45) is 5.92 Å². The molecule has 1 atom stereocenters. The highest BCUT2D eigenvalue weighted by molar-refractivity contribution is 4.89. The predicted molar refractivity (Wildman–Crippen MR) is 81.6 cm³/mol. The van der Waals surface area contributed by atoms with Crippen molar-refractivity contribution in [1.29, 1.82) is 0 Å². The smallest absolute Gasteiger partial charge is 0.0223 e. The topological polar surface area (TPSA) is 21.8 Å². The molecular formula is C15H32N4. The molecule has 0 aromatic rings. The van der Waals surface area contributed by atoms with Crippen LogP contribution in [-0.4, -0.2) is 87.2 Å². The molecule has 2 aliphatic rings. The number of piperazine rings is 1. The van der Waals surface area contributed by atoms with Crippen molar-refractivity contribution in [2.45, 2.75) is 25.8 Å². The molecule has 1 unspecified atom stereocenters. The summed E-state index contributed by atoms with van der Waals surface area (Å²) in [6, 6.07) is 0.748. The molecule has 112 valence electrons. The molecular weight excluding hydrogens is 236 g/mol. The zero-order valence-corrected chi connectivity index (χ0v) is 13.1. The minimum atomic E-state index is 0.748. The molecule has 1 aliphatic heterocycles. The first-order chi connectivity index (χ1) is 9.19. The molecule has 19 heavy (non-hydrogen) atoms. The van der Waals surface area contributed by atoms with Crippen molar-refractivity contribution in [3.63, 3.8) is 0 Å². The molecule has 0 aromatic carbocycles. The normalized spacial score (nSPS) is 24.0. The van der Waals surface area contributed by atoms with Gasteiger partial charge in [0.15, 0.2) is 0 Å². The Morgan fingerprint density at radius 2 is 1.74 bits per heavy atom. The van der Waals surface area contributed by atoms with E-state index in [9.17, 15) is 0 Å². The first-order valence-corrected chi connectivity index (χ1v) is 8.02. The first kappa shape index (κ1) is 15.2. The Balaban J connectivity index is 1.64. The molecule has 2 fully saturated rings. The average molecular weight is 268 g/mol. The summed E-state index contributed by atoms with van der Waals surface area (Å²) in [5.41, 5.74) is 0. The summed E-state index contributed by atoms with van der Waals surface area (Å²) in [4.78, 5) is 7.55. The molecule has 2 rings (SSSR count). The Morgan fingerprint density at radius 3 is 2.26 bits per heavy atom. The lowest BCUT2D eigenvalue weighted by atomic mass is 10.1. The summed E-state index contributed by atoms with van der Waals surface area (Å²) in [6.45, 7) is 12.0. The maximum Gasteiger partial charge on any atom is 0.0223 e. The Hall–Kier alpha value is -0.160. The van der Waals surface area contributed by atoms with Crippen molar-refractivity contribution in [3.05, 3.63) is 0 Å². The highest BCUT2D eigenvalue weighted by Gasteiger charge is 2.32. The highest BCUT2D eigenvalue weighted by atomic mass is 15.3. The Morgan fingerprint density at radius 1 is 1.11 bits per heavy atom. The van der Waals surface area contributed by atoms with E-state index in [1.165, 1.54) is 58.7 Å². The van der Waals surface area contributed by atoms with Crippen LogP contribution in [0, 0.1) is 5.92 Å². The van der Waals surface area contributed by atoms with Gasteiger partial charge in [0.1, 0.15) is 0 Å². The van der Waals surface area contributed by atoms with Crippen LogP contribution in [0.25, 0.3) is 0 Å². The van der Waals surface area contributed by atoms with E-state index >= 15 is 0 Å². The van der Waals surface area contributed by atoms with E-state index in [1.54, 1.807) is 0 Å². The SMILES string of the molecule is CCNC(CN1CCN(CCN(C)C)CC1)C1CC1. The van der Waals surface area contributed by atoms with Gasteiger partial charge >= 0.3 is 0 Å². The average Bonchev–Trinajstić information content (AvgIpc) is 3.21. The Labute approximate surface area is 119 Å². The molecule has 0 bridgehead atoms. The van der Waals surface area contributed by atoms with E-state index in [0.717, 1.165) is 18.5 Å². The maximum atomic E-state index is 3.68. The van der Waals surface area contributed by atoms with Gasteiger partial charge in [-0.05, 0) is 39.4 Å². The van der Waals surface area contributed by atoms with Crippen LogP contribution in [0.15, 0.2) is 0 Å². The van der Waals surface area contributed by atoms with Gasteiger partial charge in [0, 0.05) is 51.9 Å². The lowest BCUT2D eigenvalue weighted by Crippen LogP contribution is -2.52. The van der Waals surface area contributed by atoms with Crippen LogP contribution in [0.5, 0.6) is 0 Å². The second kappa shape index (κ2) is 7.58. The van der Waals surface area contributed by atoms with Crippen LogP contribution in [0.2, 0.25) is 0 Å². The van der Waals surface area contributed by atoms with Gasteiger partial charge in [-0.25, -0.2) is 0 Å². The van der Waals surface area contributed by atoms with Gasteiger partial charge < -0.3 is 10.2 Å². The zero-order valence-electron chi connectivity index (χ0n) is 13.1. The Kier molecular flexibility index (Phi) is 6.07. The number of hydrogen-bond acceptors (Lipinski definition) is 4. The monoisotopic (exact) mass is 268 g/mol. The van der Waals surface area contributed by atoms with E-state index in [4.69, 9.17) is 0 Å². The molecule has 0 spiro atoms.